The van der Waals surface area contributed by atoms with Gasteiger partial charge in [0.2, 0.25) is 0 Å². The average molecular weight is 298 g/mol. The van der Waals surface area contributed by atoms with Crippen LogP contribution in [0.1, 0.15) is 20.3 Å². The zero-order valence-corrected chi connectivity index (χ0v) is 13.2. The van der Waals surface area contributed by atoms with Crippen LogP contribution in [0.5, 0.6) is 0 Å². The standard InChI is InChI=1S/C13H22N4O2S/c1-5-6-14-12-7-11(17(18)19)8-13(15-12)16(3)10(2)9-20-4/h7-8,10H,5-6,9H2,1-4H3,(H,14,15). The van der Waals surface area contributed by atoms with Crippen LogP contribution in [0.25, 0.3) is 0 Å². The molecule has 0 aliphatic heterocycles. The second-order valence-corrected chi connectivity index (χ2v) is 5.58. The number of nitrogens with one attached hydrogen (secondary N) is 1. The summed E-state index contributed by atoms with van der Waals surface area (Å²) in [5.41, 5.74) is 0.0665. The zero-order valence-electron chi connectivity index (χ0n) is 12.4. The highest BCUT2D eigenvalue weighted by Gasteiger charge is 2.16. The predicted octanol–water partition coefficient (Wildman–Crippen LogP) is 3.00. The summed E-state index contributed by atoms with van der Waals surface area (Å²) in [6.07, 6.45) is 2.98. The number of hydrogen-bond acceptors (Lipinski definition) is 6. The molecule has 7 heteroatoms. The number of anilines is 2. The highest BCUT2D eigenvalue weighted by molar-refractivity contribution is 7.98. The van der Waals surface area contributed by atoms with Crippen LogP contribution in [0.15, 0.2) is 12.1 Å². The van der Waals surface area contributed by atoms with E-state index in [0.717, 1.165) is 18.7 Å². The van der Waals surface area contributed by atoms with E-state index in [1.165, 1.54) is 12.1 Å². The fourth-order valence-corrected chi connectivity index (χ4v) is 2.42. The summed E-state index contributed by atoms with van der Waals surface area (Å²) in [6.45, 7) is 4.87. The first-order valence-corrected chi connectivity index (χ1v) is 8.01. The molecule has 112 valence electrons. The van der Waals surface area contributed by atoms with E-state index >= 15 is 0 Å². The monoisotopic (exact) mass is 298 g/mol. The number of pyridine rings is 1. The van der Waals surface area contributed by atoms with Crippen LogP contribution in [0.3, 0.4) is 0 Å². The van der Waals surface area contributed by atoms with Crippen LogP contribution in [0, 0.1) is 10.1 Å². The summed E-state index contributed by atoms with van der Waals surface area (Å²) in [5, 5.41) is 14.1. The van der Waals surface area contributed by atoms with Gasteiger partial charge in [-0.3, -0.25) is 10.1 Å². The van der Waals surface area contributed by atoms with E-state index in [1.54, 1.807) is 11.8 Å². The number of nitro groups is 1. The van der Waals surface area contributed by atoms with Crippen LogP contribution in [0.4, 0.5) is 17.3 Å². The lowest BCUT2D eigenvalue weighted by molar-refractivity contribution is -0.384. The summed E-state index contributed by atoms with van der Waals surface area (Å²) in [7, 11) is 1.91. The van der Waals surface area contributed by atoms with Gasteiger partial charge in [0.05, 0.1) is 17.1 Å². The molecule has 0 aliphatic carbocycles. The molecule has 1 N–H and O–H groups in total. The number of nitrogens with zero attached hydrogens (tertiary/aromatic N) is 3. The Balaban J connectivity index is 3.04. The first-order valence-electron chi connectivity index (χ1n) is 6.61. The lowest BCUT2D eigenvalue weighted by Crippen LogP contribution is -2.31. The Labute approximate surface area is 124 Å². The molecule has 1 heterocycles. The van der Waals surface area contributed by atoms with Gasteiger partial charge >= 0.3 is 0 Å². The van der Waals surface area contributed by atoms with Crippen LogP contribution in [0.2, 0.25) is 0 Å². The van der Waals surface area contributed by atoms with Gasteiger partial charge in [0.25, 0.3) is 5.69 Å². The summed E-state index contributed by atoms with van der Waals surface area (Å²) in [5.74, 6) is 2.12. The Morgan fingerprint density at radius 1 is 1.55 bits per heavy atom. The van der Waals surface area contributed by atoms with E-state index in [-0.39, 0.29) is 16.7 Å². The lowest BCUT2D eigenvalue weighted by atomic mass is 10.3. The van der Waals surface area contributed by atoms with Crippen LogP contribution < -0.4 is 10.2 Å². The van der Waals surface area contributed by atoms with Gasteiger partial charge in [0, 0.05) is 25.4 Å². The van der Waals surface area contributed by atoms with Crippen LogP contribution in [-0.4, -0.2) is 41.6 Å². The number of thioether (sulfide) groups is 1. The van der Waals surface area contributed by atoms with E-state index in [2.05, 4.69) is 17.2 Å². The molecule has 0 saturated heterocycles. The Kier molecular flexibility index (Phi) is 6.57. The lowest BCUT2D eigenvalue weighted by Gasteiger charge is -2.25. The molecule has 1 rings (SSSR count). The van der Waals surface area contributed by atoms with Gasteiger partial charge in [-0.05, 0) is 19.6 Å². The fraction of sp³-hybridized carbons (Fsp3) is 0.615. The molecule has 0 amide bonds. The molecular formula is C13H22N4O2S. The van der Waals surface area contributed by atoms with E-state index in [0.29, 0.717) is 11.6 Å². The first-order chi connectivity index (χ1) is 9.49. The van der Waals surface area contributed by atoms with Crippen molar-refractivity contribution < 1.29 is 4.92 Å². The highest BCUT2D eigenvalue weighted by Crippen LogP contribution is 2.24. The topological polar surface area (TPSA) is 71.3 Å². The Morgan fingerprint density at radius 2 is 2.25 bits per heavy atom. The molecule has 0 aromatic carbocycles. The molecule has 0 spiro atoms. The van der Waals surface area contributed by atoms with Crippen molar-refractivity contribution >= 4 is 29.1 Å². The minimum atomic E-state index is -0.380. The Morgan fingerprint density at radius 3 is 2.80 bits per heavy atom. The largest absolute Gasteiger partial charge is 0.370 e. The molecule has 20 heavy (non-hydrogen) atoms. The highest BCUT2D eigenvalue weighted by atomic mass is 32.2. The van der Waals surface area contributed by atoms with Gasteiger partial charge in [-0.25, -0.2) is 4.98 Å². The SMILES string of the molecule is CCCNc1cc([N+](=O)[O-])cc(N(C)C(C)CSC)n1. The maximum atomic E-state index is 11.0. The fourth-order valence-electron chi connectivity index (χ4n) is 1.71. The van der Waals surface area contributed by atoms with Gasteiger partial charge in [0.15, 0.2) is 0 Å². The van der Waals surface area contributed by atoms with E-state index in [9.17, 15) is 10.1 Å². The van der Waals surface area contributed by atoms with Crippen molar-refractivity contribution in [1.82, 2.24) is 4.98 Å². The molecule has 1 aromatic rings. The maximum Gasteiger partial charge on any atom is 0.276 e. The van der Waals surface area contributed by atoms with Crippen LogP contribution in [-0.2, 0) is 0 Å². The number of rotatable bonds is 8. The summed E-state index contributed by atoms with van der Waals surface area (Å²) >= 11 is 1.74. The Bertz CT molecular complexity index is 456. The molecule has 0 aliphatic rings. The Hall–Kier alpha value is -1.50. The summed E-state index contributed by atoms with van der Waals surface area (Å²) in [4.78, 5) is 17.1. The van der Waals surface area contributed by atoms with E-state index in [4.69, 9.17) is 0 Å². The van der Waals surface area contributed by atoms with E-state index < -0.39 is 0 Å². The quantitative estimate of drug-likeness (QED) is 0.587. The average Bonchev–Trinajstić information content (AvgIpc) is 2.44. The molecular weight excluding hydrogens is 276 g/mol. The second kappa shape index (κ2) is 7.94. The van der Waals surface area contributed by atoms with Crippen molar-refractivity contribution in [1.29, 1.82) is 0 Å². The number of aromatic nitrogens is 1. The minimum Gasteiger partial charge on any atom is -0.370 e. The molecule has 6 nitrogen and oxygen atoms in total. The predicted molar refractivity (Wildman–Crippen MR) is 85.9 cm³/mol. The third-order valence-electron chi connectivity index (χ3n) is 2.99. The van der Waals surface area contributed by atoms with Gasteiger partial charge in [-0.15, -0.1) is 0 Å². The molecule has 1 unspecified atom stereocenters. The molecule has 0 radical (unpaired) electrons. The van der Waals surface area contributed by atoms with Gasteiger partial charge < -0.3 is 10.2 Å². The van der Waals surface area contributed by atoms with Crippen molar-refractivity contribution in [2.45, 2.75) is 26.3 Å². The molecule has 0 saturated carbocycles. The van der Waals surface area contributed by atoms with Gasteiger partial charge in [0.1, 0.15) is 11.6 Å². The first kappa shape index (κ1) is 16.6. The molecule has 0 bridgehead atoms. The zero-order chi connectivity index (χ0) is 15.1. The second-order valence-electron chi connectivity index (χ2n) is 4.67. The summed E-state index contributed by atoms with van der Waals surface area (Å²) in [6, 6.07) is 3.26. The van der Waals surface area contributed by atoms with Gasteiger partial charge in [-0.2, -0.15) is 11.8 Å². The van der Waals surface area contributed by atoms with Crippen molar-refractivity contribution in [3.63, 3.8) is 0 Å². The van der Waals surface area contributed by atoms with Gasteiger partial charge in [-0.1, -0.05) is 6.92 Å². The third kappa shape index (κ3) is 4.56. The van der Waals surface area contributed by atoms with Crippen molar-refractivity contribution in [3.05, 3.63) is 22.2 Å². The number of hydrogen-bond donors (Lipinski definition) is 1. The molecule has 1 aromatic heterocycles. The minimum absolute atomic E-state index is 0.0665. The van der Waals surface area contributed by atoms with Crippen molar-refractivity contribution in [2.75, 3.05) is 35.8 Å². The smallest absolute Gasteiger partial charge is 0.276 e. The third-order valence-corrected chi connectivity index (χ3v) is 3.81. The summed E-state index contributed by atoms with van der Waals surface area (Å²) < 4.78 is 0. The molecule has 0 fully saturated rings. The molecule has 1 atom stereocenters. The normalized spacial score (nSPS) is 12.0. The van der Waals surface area contributed by atoms with Crippen LogP contribution >= 0.6 is 11.8 Å². The van der Waals surface area contributed by atoms with Crippen molar-refractivity contribution in [3.8, 4) is 0 Å². The van der Waals surface area contributed by atoms with Crippen molar-refractivity contribution in [2.24, 2.45) is 0 Å². The maximum absolute atomic E-state index is 11.0. The van der Waals surface area contributed by atoms with E-state index in [1.807, 2.05) is 25.1 Å².